The number of hydrogen-bond donors (Lipinski definition) is 0. The average Bonchev–Trinajstić information content (AvgIpc) is 3.17. The first kappa shape index (κ1) is 17.4. The first-order valence-corrected chi connectivity index (χ1v) is 8.96. The molecule has 1 aliphatic rings. The molecule has 1 aliphatic heterocycles. The van der Waals surface area contributed by atoms with Crippen LogP contribution >= 0.6 is 11.3 Å². The molecule has 1 unspecified atom stereocenters. The van der Waals surface area contributed by atoms with Crippen molar-refractivity contribution in [2.75, 3.05) is 6.54 Å². The molecule has 1 fully saturated rings. The monoisotopic (exact) mass is 355 g/mol. The van der Waals surface area contributed by atoms with E-state index in [0.29, 0.717) is 25.9 Å². The third kappa shape index (κ3) is 3.19. The number of rotatable bonds is 5. The highest BCUT2D eigenvalue weighted by atomic mass is 32.1. The maximum atomic E-state index is 13.8. The molecule has 3 rings (SSSR count). The summed E-state index contributed by atoms with van der Waals surface area (Å²) in [5.74, 6) is 0. The van der Waals surface area contributed by atoms with Crippen molar-refractivity contribution >= 4 is 11.3 Å². The Balaban J connectivity index is 1.81. The van der Waals surface area contributed by atoms with Crippen LogP contribution in [0.15, 0.2) is 30.6 Å². The van der Waals surface area contributed by atoms with Gasteiger partial charge in [0.15, 0.2) is 0 Å². The van der Waals surface area contributed by atoms with E-state index in [1.165, 1.54) is 11.3 Å². The fourth-order valence-electron chi connectivity index (χ4n) is 3.50. The van der Waals surface area contributed by atoms with E-state index in [0.717, 1.165) is 15.6 Å². The van der Waals surface area contributed by atoms with Crippen molar-refractivity contribution in [3.63, 3.8) is 0 Å². The van der Waals surface area contributed by atoms with Crippen LogP contribution in [0.25, 0.3) is 10.7 Å². The van der Waals surface area contributed by atoms with Gasteiger partial charge in [-0.15, -0.1) is 11.3 Å². The summed E-state index contributed by atoms with van der Waals surface area (Å²) >= 11 is 1.42. The maximum Gasteiger partial charge on any atom is 0.406 e. The van der Waals surface area contributed by atoms with Crippen molar-refractivity contribution in [1.82, 2.24) is 14.9 Å². The molecule has 0 bridgehead atoms. The van der Waals surface area contributed by atoms with Gasteiger partial charge in [-0.2, -0.15) is 13.2 Å². The summed E-state index contributed by atoms with van der Waals surface area (Å²) in [5.41, 5.74) is -0.928. The molecular formula is C17H20F3N3S. The number of thiazole rings is 1. The predicted octanol–water partition coefficient (Wildman–Crippen LogP) is 4.90. The topological polar surface area (TPSA) is 29.0 Å². The number of alkyl halides is 3. The van der Waals surface area contributed by atoms with Crippen molar-refractivity contribution in [3.8, 4) is 10.7 Å². The van der Waals surface area contributed by atoms with Gasteiger partial charge in [-0.25, -0.2) is 4.98 Å². The molecule has 1 atom stereocenters. The number of pyridine rings is 1. The predicted molar refractivity (Wildman–Crippen MR) is 88.7 cm³/mol. The van der Waals surface area contributed by atoms with Crippen molar-refractivity contribution < 1.29 is 13.2 Å². The van der Waals surface area contributed by atoms with Gasteiger partial charge in [0.1, 0.15) is 10.5 Å². The lowest BCUT2D eigenvalue weighted by molar-refractivity contribution is -0.227. The summed E-state index contributed by atoms with van der Waals surface area (Å²) in [5, 5.41) is 0.748. The third-order valence-electron chi connectivity index (χ3n) is 4.60. The van der Waals surface area contributed by atoms with Gasteiger partial charge in [0, 0.05) is 23.8 Å². The zero-order chi connectivity index (χ0) is 17.2. The highest BCUT2D eigenvalue weighted by Gasteiger charge is 2.59. The van der Waals surface area contributed by atoms with Gasteiger partial charge in [-0.05, 0) is 37.9 Å². The van der Waals surface area contributed by atoms with Crippen molar-refractivity contribution in [2.24, 2.45) is 0 Å². The van der Waals surface area contributed by atoms with Gasteiger partial charge >= 0.3 is 6.18 Å². The second kappa shape index (κ2) is 6.80. The van der Waals surface area contributed by atoms with E-state index in [9.17, 15) is 13.2 Å². The zero-order valence-electron chi connectivity index (χ0n) is 13.5. The second-order valence-corrected chi connectivity index (χ2v) is 7.27. The van der Waals surface area contributed by atoms with E-state index in [4.69, 9.17) is 0 Å². The van der Waals surface area contributed by atoms with E-state index in [2.05, 4.69) is 9.97 Å². The lowest BCUT2D eigenvalue weighted by Crippen LogP contribution is -2.54. The van der Waals surface area contributed by atoms with Crippen LogP contribution in [0.5, 0.6) is 0 Å². The number of aromatic nitrogens is 2. The lowest BCUT2D eigenvalue weighted by Gasteiger charge is -2.39. The summed E-state index contributed by atoms with van der Waals surface area (Å²) in [7, 11) is 0. The Labute approximate surface area is 143 Å². The van der Waals surface area contributed by atoms with E-state index < -0.39 is 11.7 Å². The van der Waals surface area contributed by atoms with Crippen LogP contribution in [-0.2, 0) is 6.54 Å². The molecular weight excluding hydrogens is 335 g/mol. The van der Waals surface area contributed by atoms with Crippen LogP contribution in [0, 0.1) is 0 Å². The molecule has 0 saturated carbocycles. The molecule has 2 aromatic rings. The quantitative estimate of drug-likeness (QED) is 0.764. The highest BCUT2D eigenvalue weighted by Crippen LogP contribution is 2.47. The lowest BCUT2D eigenvalue weighted by atomic mass is 9.89. The molecule has 0 aromatic carbocycles. The van der Waals surface area contributed by atoms with Crippen molar-refractivity contribution in [2.45, 2.75) is 50.9 Å². The molecule has 0 aliphatic carbocycles. The molecule has 3 heterocycles. The maximum absolute atomic E-state index is 13.8. The Morgan fingerprint density at radius 3 is 2.79 bits per heavy atom. The van der Waals surface area contributed by atoms with Crippen LogP contribution in [0.1, 0.15) is 37.5 Å². The average molecular weight is 355 g/mol. The molecule has 0 N–H and O–H groups in total. The second-order valence-electron chi connectivity index (χ2n) is 6.15. The van der Waals surface area contributed by atoms with Crippen LogP contribution in [-0.4, -0.2) is 33.1 Å². The van der Waals surface area contributed by atoms with Gasteiger partial charge < -0.3 is 0 Å². The number of nitrogens with zero attached hydrogens (tertiary/aromatic N) is 3. The molecule has 0 amide bonds. The molecule has 1 saturated heterocycles. The smallest absolute Gasteiger partial charge is 0.285 e. The molecule has 7 heteroatoms. The minimum atomic E-state index is -4.20. The highest BCUT2D eigenvalue weighted by molar-refractivity contribution is 7.14. The Kier molecular flexibility index (Phi) is 4.92. The molecule has 24 heavy (non-hydrogen) atoms. The summed E-state index contributed by atoms with van der Waals surface area (Å²) < 4.78 is 41.3. The summed E-state index contributed by atoms with van der Waals surface area (Å²) in [6, 6.07) is 5.56. The van der Waals surface area contributed by atoms with Crippen LogP contribution in [0.3, 0.4) is 0 Å². The molecule has 130 valence electrons. The first-order chi connectivity index (χ1) is 11.5. The van der Waals surface area contributed by atoms with Gasteiger partial charge in [0.2, 0.25) is 0 Å². The minimum absolute atomic E-state index is 0.155. The van der Waals surface area contributed by atoms with E-state index in [1.807, 2.05) is 25.1 Å². The first-order valence-electron chi connectivity index (χ1n) is 8.14. The van der Waals surface area contributed by atoms with Gasteiger partial charge in [-0.3, -0.25) is 9.88 Å². The van der Waals surface area contributed by atoms with Gasteiger partial charge in [-0.1, -0.05) is 19.4 Å². The van der Waals surface area contributed by atoms with Gasteiger partial charge in [0.05, 0.1) is 5.69 Å². The summed E-state index contributed by atoms with van der Waals surface area (Å²) in [6.07, 6.45) is 0.628. The fraction of sp³-hybridized carbons (Fsp3) is 0.529. The normalized spacial score (nSPS) is 22.2. The summed E-state index contributed by atoms with van der Waals surface area (Å²) in [6.45, 7) is 2.59. The number of halogens is 3. The Morgan fingerprint density at radius 2 is 2.12 bits per heavy atom. The van der Waals surface area contributed by atoms with Crippen LogP contribution in [0.4, 0.5) is 13.2 Å². The van der Waals surface area contributed by atoms with Crippen LogP contribution in [0.2, 0.25) is 0 Å². The number of likely N-dealkylation sites (tertiary alicyclic amines) is 1. The van der Waals surface area contributed by atoms with E-state index >= 15 is 0 Å². The largest absolute Gasteiger partial charge is 0.406 e. The Hall–Kier alpha value is -1.47. The zero-order valence-corrected chi connectivity index (χ0v) is 14.3. The minimum Gasteiger partial charge on any atom is -0.285 e. The summed E-state index contributed by atoms with van der Waals surface area (Å²) in [4.78, 5) is 11.0. The van der Waals surface area contributed by atoms with E-state index in [1.54, 1.807) is 17.3 Å². The fourth-order valence-corrected chi connectivity index (χ4v) is 4.41. The number of hydrogen-bond acceptors (Lipinski definition) is 4. The van der Waals surface area contributed by atoms with Crippen molar-refractivity contribution in [1.29, 1.82) is 0 Å². The van der Waals surface area contributed by atoms with Gasteiger partial charge in [0.25, 0.3) is 0 Å². The molecule has 0 radical (unpaired) electrons. The Morgan fingerprint density at radius 1 is 1.29 bits per heavy atom. The molecule has 0 spiro atoms. The van der Waals surface area contributed by atoms with E-state index in [-0.39, 0.29) is 12.8 Å². The molecule has 3 nitrogen and oxygen atoms in total. The van der Waals surface area contributed by atoms with Crippen LogP contribution < -0.4 is 0 Å². The third-order valence-corrected chi connectivity index (χ3v) is 5.60. The standard InChI is InChI=1S/C17H20F3N3S/c1-2-7-16(17(18,19)20)8-5-10-23(16)12-13-11-22-15(24-13)14-6-3-4-9-21-14/h3-4,6,9,11H,2,5,7-8,10,12H2,1H3. The Bertz CT molecular complexity index is 671. The van der Waals surface area contributed by atoms with Crippen molar-refractivity contribution in [3.05, 3.63) is 35.5 Å². The molecule has 2 aromatic heterocycles. The SMILES string of the molecule is CCCC1(C(F)(F)F)CCCN1Cc1cnc(-c2ccccn2)s1.